The van der Waals surface area contributed by atoms with Gasteiger partial charge in [0.1, 0.15) is 0 Å². The molecule has 0 bridgehead atoms. The van der Waals surface area contributed by atoms with E-state index in [-0.39, 0.29) is 12.8 Å². The molecule has 2 rings (SSSR count). The van der Waals surface area contributed by atoms with Crippen molar-refractivity contribution in [1.82, 2.24) is 0 Å². The molecule has 2 aromatic carbocycles. The lowest BCUT2D eigenvalue weighted by Gasteiger charge is -2.20. The van der Waals surface area contributed by atoms with Gasteiger partial charge in [0.25, 0.3) is 0 Å². The molecule has 0 heterocycles. The molecule has 0 amide bonds. The number of hydrogen-bond donors (Lipinski definition) is 2. The molecule has 0 spiro atoms. The summed E-state index contributed by atoms with van der Waals surface area (Å²) in [6.45, 7) is 0. The van der Waals surface area contributed by atoms with Crippen molar-refractivity contribution in [2.45, 2.75) is 12.8 Å². The predicted molar refractivity (Wildman–Crippen MR) is 87.3 cm³/mol. The van der Waals surface area contributed by atoms with Gasteiger partial charge in [-0.15, -0.1) is 0 Å². The Hall–Kier alpha value is -3.13. The van der Waals surface area contributed by atoms with Gasteiger partial charge in [-0.05, 0) is 36.1 Å². The summed E-state index contributed by atoms with van der Waals surface area (Å²) in [6, 6.07) is 17.5. The molecule has 122 valence electrons. The molecule has 2 aromatic rings. The summed E-state index contributed by atoms with van der Waals surface area (Å²) >= 11 is 0. The molecular weight excluding hydrogens is 306 g/mol. The molecule has 2 atom stereocenters. The van der Waals surface area contributed by atoms with Crippen LogP contribution >= 0.6 is 0 Å². The average Bonchev–Trinajstić information content (AvgIpc) is 2.59. The normalized spacial score (nSPS) is 12.8. The van der Waals surface area contributed by atoms with Crippen molar-refractivity contribution >= 4 is 11.9 Å². The van der Waals surface area contributed by atoms with E-state index < -0.39 is 23.8 Å². The third-order valence-electron chi connectivity index (χ3n) is 3.96. The van der Waals surface area contributed by atoms with E-state index in [1.165, 1.54) is 0 Å². The third kappa shape index (κ3) is 4.43. The highest BCUT2D eigenvalue weighted by atomic mass is 16.4. The maximum Gasteiger partial charge on any atom is 0.307 e. The van der Waals surface area contributed by atoms with Gasteiger partial charge in [-0.2, -0.15) is 5.26 Å². The highest BCUT2D eigenvalue weighted by Crippen LogP contribution is 2.23. The zero-order valence-corrected chi connectivity index (χ0v) is 12.9. The smallest absolute Gasteiger partial charge is 0.307 e. The highest BCUT2D eigenvalue weighted by molar-refractivity contribution is 5.80. The second-order valence-corrected chi connectivity index (χ2v) is 5.59. The summed E-state index contributed by atoms with van der Waals surface area (Å²) in [5, 5.41) is 27.8. The fraction of sp³-hybridized carbons (Fsp3) is 0.211. The number of carbonyl (C=O) groups is 2. The third-order valence-corrected chi connectivity index (χ3v) is 3.96. The van der Waals surface area contributed by atoms with E-state index in [1.807, 2.05) is 12.1 Å². The number of benzene rings is 2. The molecule has 5 heteroatoms. The van der Waals surface area contributed by atoms with E-state index in [0.717, 1.165) is 5.56 Å². The van der Waals surface area contributed by atoms with E-state index in [9.17, 15) is 19.8 Å². The fourth-order valence-corrected chi connectivity index (χ4v) is 2.64. The Morgan fingerprint density at radius 3 is 1.71 bits per heavy atom. The lowest BCUT2D eigenvalue weighted by atomic mass is 9.82. The highest BCUT2D eigenvalue weighted by Gasteiger charge is 2.33. The van der Waals surface area contributed by atoms with Crippen LogP contribution in [0.3, 0.4) is 0 Å². The van der Waals surface area contributed by atoms with Gasteiger partial charge in [0, 0.05) is 0 Å². The Kier molecular flexibility index (Phi) is 5.69. The molecule has 0 fully saturated rings. The molecule has 2 N–H and O–H groups in total. The molecule has 0 aliphatic heterocycles. The van der Waals surface area contributed by atoms with Crippen molar-refractivity contribution in [2.24, 2.45) is 11.8 Å². The number of rotatable bonds is 7. The first-order valence-corrected chi connectivity index (χ1v) is 7.50. The molecular formula is C19H17NO4. The Morgan fingerprint density at radius 2 is 1.29 bits per heavy atom. The zero-order valence-electron chi connectivity index (χ0n) is 12.9. The topological polar surface area (TPSA) is 98.4 Å². The van der Waals surface area contributed by atoms with Crippen LogP contribution in [0.2, 0.25) is 0 Å². The summed E-state index contributed by atoms with van der Waals surface area (Å²) in [7, 11) is 0. The lowest BCUT2D eigenvalue weighted by Crippen LogP contribution is -2.33. The van der Waals surface area contributed by atoms with E-state index in [2.05, 4.69) is 0 Å². The summed E-state index contributed by atoms with van der Waals surface area (Å²) in [5.41, 5.74) is 1.96. The molecule has 0 unspecified atom stereocenters. The number of aliphatic carboxylic acids is 2. The van der Waals surface area contributed by atoms with Crippen LogP contribution in [0.5, 0.6) is 0 Å². The minimum Gasteiger partial charge on any atom is -0.481 e. The second-order valence-electron chi connectivity index (χ2n) is 5.59. The molecule has 24 heavy (non-hydrogen) atoms. The SMILES string of the molecule is N#Cc1ccc(C[C@@H](C(=O)O)[C@H](Cc2ccccc2)C(=O)O)cc1. The van der Waals surface area contributed by atoms with Gasteiger partial charge in [-0.3, -0.25) is 9.59 Å². The van der Waals surface area contributed by atoms with E-state index in [1.54, 1.807) is 48.5 Å². The minimum atomic E-state index is -1.14. The molecule has 5 nitrogen and oxygen atoms in total. The number of hydrogen-bond acceptors (Lipinski definition) is 3. The molecule has 0 saturated heterocycles. The maximum atomic E-state index is 11.6. The molecule has 0 saturated carbocycles. The van der Waals surface area contributed by atoms with Crippen molar-refractivity contribution in [1.29, 1.82) is 5.26 Å². The fourth-order valence-electron chi connectivity index (χ4n) is 2.64. The first-order valence-electron chi connectivity index (χ1n) is 7.50. The van der Waals surface area contributed by atoms with E-state index in [4.69, 9.17) is 5.26 Å². The number of carboxylic acids is 2. The van der Waals surface area contributed by atoms with Crippen molar-refractivity contribution in [3.05, 3.63) is 71.3 Å². The Labute approximate surface area is 139 Å². The van der Waals surface area contributed by atoms with Crippen LogP contribution < -0.4 is 0 Å². The van der Waals surface area contributed by atoms with Crippen molar-refractivity contribution in [2.75, 3.05) is 0 Å². The second kappa shape index (κ2) is 7.93. The van der Waals surface area contributed by atoms with E-state index >= 15 is 0 Å². The van der Waals surface area contributed by atoms with Crippen LogP contribution in [0.4, 0.5) is 0 Å². The average molecular weight is 323 g/mol. The Morgan fingerprint density at radius 1 is 0.833 bits per heavy atom. The van der Waals surface area contributed by atoms with Crippen molar-refractivity contribution in [3.8, 4) is 6.07 Å². The molecule has 0 radical (unpaired) electrons. The zero-order chi connectivity index (χ0) is 17.5. The lowest BCUT2D eigenvalue weighted by molar-refractivity contribution is -0.153. The summed E-state index contributed by atoms with van der Waals surface area (Å²) in [4.78, 5) is 23.3. The van der Waals surface area contributed by atoms with Gasteiger partial charge < -0.3 is 10.2 Å². The molecule has 0 aliphatic carbocycles. The Balaban J connectivity index is 2.23. The first kappa shape index (κ1) is 17.2. The van der Waals surface area contributed by atoms with Crippen LogP contribution in [0.25, 0.3) is 0 Å². The monoisotopic (exact) mass is 323 g/mol. The quantitative estimate of drug-likeness (QED) is 0.816. The van der Waals surface area contributed by atoms with Gasteiger partial charge in [-0.25, -0.2) is 0 Å². The molecule has 0 aromatic heterocycles. The van der Waals surface area contributed by atoms with Crippen LogP contribution in [0.1, 0.15) is 16.7 Å². The number of carboxylic acid groups (broad SMARTS) is 2. The van der Waals surface area contributed by atoms with Gasteiger partial charge in [0.15, 0.2) is 0 Å². The predicted octanol–water partition coefficient (Wildman–Crippen LogP) is 2.75. The van der Waals surface area contributed by atoms with Crippen molar-refractivity contribution < 1.29 is 19.8 Å². The molecule has 0 aliphatic rings. The van der Waals surface area contributed by atoms with E-state index in [0.29, 0.717) is 11.1 Å². The van der Waals surface area contributed by atoms with Gasteiger partial charge in [0.2, 0.25) is 0 Å². The summed E-state index contributed by atoms with van der Waals surface area (Å²) < 4.78 is 0. The summed E-state index contributed by atoms with van der Waals surface area (Å²) in [6.07, 6.45) is 0.258. The minimum absolute atomic E-state index is 0.102. The Bertz CT molecular complexity index is 747. The maximum absolute atomic E-state index is 11.6. The first-order chi connectivity index (χ1) is 11.5. The van der Waals surface area contributed by atoms with Crippen LogP contribution in [-0.4, -0.2) is 22.2 Å². The summed E-state index contributed by atoms with van der Waals surface area (Å²) in [5.74, 6) is -4.33. The van der Waals surface area contributed by atoms with Gasteiger partial charge in [-0.1, -0.05) is 42.5 Å². The largest absolute Gasteiger partial charge is 0.481 e. The standard InChI is InChI=1S/C19H17NO4/c20-12-15-8-6-14(7-9-15)11-17(19(23)24)16(18(21)22)10-13-4-2-1-3-5-13/h1-9,16-17H,10-11H2,(H,21,22)(H,23,24)/t16-,17+/m0/s1. The van der Waals surface area contributed by atoms with Crippen LogP contribution in [-0.2, 0) is 22.4 Å². The number of nitriles is 1. The van der Waals surface area contributed by atoms with Crippen LogP contribution in [0, 0.1) is 23.2 Å². The van der Waals surface area contributed by atoms with Gasteiger partial charge in [0.05, 0.1) is 23.5 Å². The van der Waals surface area contributed by atoms with Crippen molar-refractivity contribution in [3.63, 3.8) is 0 Å². The number of nitrogens with zero attached hydrogens (tertiary/aromatic N) is 1. The van der Waals surface area contributed by atoms with Gasteiger partial charge >= 0.3 is 11.9 Å². The van der Waals surface area contributed by atoms with Crippen LogP contribution in [0.15, 0.2) is 54.6 Å².